The molecule has 7 heteroatoms. The van der Waals surface area contributed by atoms with Crippen molar-refractivity contribution in [2.75, 3.05) is 32.8 Å². The van der Waals surface area contributed by atoms with Gasteiger partial charge in [0.25, 0.3) is 0 Å². The molecule has 1 aromatic rings. The van der Waals surface area contributed by atoms with Crippen LogP contribution in [0.25, 0.3) is 0 Å². The van der Waals surface area contributed by atoms with E-state index in [1.165, 1.54) is 30.6 Å². The number of aliphatic imine (C=N–C) groups is 1. The number of aromatic nitrogens is 2. The third-order valence-electron chi connectivity index (χ3n) is 5.81. The lowest BCUT2D eigenvalue weighted by Gasteiger charge is -2.34. The highest BCUT2D eigenvalue weighted by atomic mass is 16.5. The van der Waals surface area contributed by atoms with E-state index in [-0.39, 0.29) is 12.1 Å². The largest absolute Gasteiger partial charge is 0.373 e. The van der Waals surface area contributed by atoms with Crippen molar-refractivity contribution < 1.29 is 4.74 Å². The Kier molecular flexibility index (Phi) is 6.76. The molecule has 3 heterocycles. The van der Waals surface area contributed by atoms with E-state index in [0.29, 0.717) is 12.6 Å². The summed E-state index contributed by atoms with van der Waals surface area (Å²) in [5.41, 5.74) is 3.67. The van der Waals surface area contributed by atoms with Crippen molar-refractivity contribution in [3.05, 3.63) is 17.0 Å². The molecule has 0 aromatic carbocycles. The number of nitrogens with one attached hydrogen (secondary N) is 2. The molecule has 27 heavy (non-hydrogen) atoms. The molecule has 2 aliphatic heterocycles. The van der Waals surface area contributed by atoms with Gasteiger partial charge in [0.15, 0.2) is 5.96 Å². The van der Waals surface area contributed by atoms with E-state index in [1.807, 2.05) is 11.7 Å². The maximum Gasteiger partial charge on any atom is 0.191 e. The van der Waals surface area contributed by atoms with Gasteiger partial charge < -0.3 is 15.4 Å². The Balaban J connectivity index is 1.55. The van der Waals surface area contributed by atoms with E-state index in [2.05, 4.69) is 48.3 Å². The number of hydrogen-bond donors (Lipinski definition) is 2. The molecule has 152 valence electrons. The SMILES string of the molecule is CCNC(=NCC1CN2CCCC2CO1)NC(C)Cc1c(C)nn(C)c1C. The molecule has 3 atom stereocenters. The minimum atomic E-state index is 0.202. The summed E-state index contributed by atoms with van der Waals surface area (Å²) in [6.45, 7) is 13.2. The van der Waals surface area contributed by atoms with Gasteiger partial charge in [-0.3, -0.25) is 14.6 Å². The quantitative estimate of drug-likeness (QED) is 0.580. The van der Waals surface area contributed by atoms with Crippen LogP contribution in [0, 0.1) is 13.8 Å². The molecule has 2 aliphatic rings. The van der Waals surface area contributed by atoms with Crippen molar-refractivity contribution in [3.8, 4) is 0 Å². The van der Waals surface area contributed by atoms with E-state index < -0.39 is 0 Å². The van der Waals surface area contributed by atoms with Gasteiger partial charge in [-0.15, -0.1) is 0 Å². The summed E-state index contributed by atoms with van der Waals surface area (Å²) in [7, 11) is 2.00. The summed E-state index contributed by atoms with van der Waals surface area (Å²) < 4.78 is 8.00. The Morgan fingerprint density at radius 2 is 2.22 bits per heavy atom. The van der Waals surface area contributed by atoms with Crippen LogP contribution in [0.2, 0.25) is 0 Å². The highest BCUT2D eigenvalue weighted by molar-refractivity contribution is 5.80. The first-order valence-corrected chi connectivity index (χ1v) is 10.4. The number of guanidine groups is 1. The van der Waals surface area contributed by atoms with Crippen molar-refractivity contribution in [1.82, 2.24) is 25.3 Å². The van der Waals surface area contributed by atoms with Crippen LogP contribution >= 0.6 is 0 Å². The van der Waals surface area contributed by atoms with Gasteiger partial charge in [-0.1, -0.05) is 0 Å². The van der Waals surface area contributed by atoms with Gasteiger partial charge in [0, 0.05) is 37.9 Å². The van der Waals surface area contributed by atoms with E-state index in [4.69, 9.17) is 9.73 Å². The monoisotopic (exact) mass is 376 g/mol. The molecule has 3 rings (SSSR count). The van der Waals surface area contributed by atoms with Crippen molar-refractivity contribution in [2.45, 2.75) is 65.1 Å². The third-order valence-corrected chi connectivity index (χ3v) is 5.81. The molecule has 3 unspecified atom stereocenters. The Bertz CT molecular complexity index is 655. The zero-order valence-electron chi connectivity index (χ0n) is 17.6. The Morgan fingerprint density at radius 1 is 1.41 bits per heavy atom. The van der Waals surface area contributed by atoms with E-state index in [9.17, 15) is 0 Å². The normalized spacial score (nSPS) is 24.7. The maximum absolute atomic E-state index is 6.04. The fourth-order valence-electron chi connectivity index (χ4n) is 4.21. The number of fused-ring (bicyclic) bond motifs is 1. The summed E-state index contributed by atoms with van der Waals surface area (Å²) >= 11 is 0. The minimum absolute atomic E-state index is 0.202. The minimum Gasteiger partial charge on any atom is -0.373 e. The first kappa shape index (κ1) is 20.1. The van der Waals surface area contributed by atoms with Crippen LogP contribution in [0.3, 0.4) is 0 Å². The Morgan fingerprint density at radius 3 is 2.93 bits per heavy atom. The highest BCUT2D eigenvalue weighted by Crippen LogP contribution is 2.22. The molecule has 2 fully saturated rings. The average molecular weight is 377 g/mol. The van der Waals surface area contributed by atoms with Gasteiger partial charge in [0.05, 0.1) is 24.9 Å². The summed E-state index contributed by atoms with van der Waals surface area (Å²) in [4.78, 5) is 7.37. The predicted octanol–water partition coefficient (Wildman–Crippen LogP) is 1.39. The van der Waals surface area contributed by atoms with Gasteiger partial charge in [0.2, 0.25) is 0 Å². The maximum atomic E-state index is 6.04. The lowest BCUT2D eigenvalue weighted by atomic mass is 10.1. The second kappa shape index (κ2) is 9.06. The molecule has 0 bridgehead atoms. The molecular formula is C20H36N6O. The van der Waals surface area contributed by atoms with E-state index in [1.54, 1.807) is 0 Å². The van der Waals surface area contributed by atoms with Gasteiger partial charge in [-0.25, -0.2) is 0 Å². The zero-order valence-corrected chi connectivity index (χ0v) is 17.6. The molecule has 2 saturated heterocycles. The number of nitrogens with zero attached hydrogens (tertiary/aromatic N) is 4. The molecule has 0 aliphatic carbocycles. The highest BCUT2D eigenvalue weighted by Gasteiger charge is 2.32. The topological polar surface area (TPSA) is 66.7 Å². The van der Waals surface area contributed by atoms with Crippen molar-refractivity contribution in [3.63, 3.8) is 0 Å². The van der Waals surface area contributed by atoms with Gasteiger partial charge in [0.1, 0.15) is 0 Å². The number of aryl methyl sites for hydroxylation is 2. The number of rotatable bonds is 6. The fourth-order valence-corrected chi connectivity index (χ4v) is 4.21. The second-order valence-electron chi connectivity index (χ2n) is 7.99. The number of ether oxygens (including phenoxy) is 1. The van der Waals surface area contributed by atoms with Gasteiger partial charge in [-0.2, -0.15) is 5.10 Å². The van der Waals surface area contributed by atoms with Crippen LogP contribution < -0.4 is 10.6 Å². The number of hydrogen-bond acceptors (Lipinski definition) is 4. The van der Waals surface area contributed by atoms with Crippen LogP contribution in [-0.4, -0.2) is 71.6 Å². The lowest BCUT2D eigenvalue weighted by Crippen LogP contribution is -2.48. The Labute approximate surface area is 163 Å². The van der Waals surface area contributed by atoms with E-state index >= 15 is 0 Å². The first-order chi connectivity index (χ1) is 13.0. The summed E-state index contributed by atoms with van der Waals surface area (Å²) in [6.07, 6.45) is 3.72. The molecule has 7 nitrogen and oxygen atoms in total. The standard InChI is InChI=1S/C20H36N6O/c1-6-21-20(22-11-18-12-26-9-7-8-17(26)13-27-18)23-14(2)10-19-15(3)24-25(5)16(19)4/h14,17-18H,6-13H2,1-5H3,(H2,21,22,23). The summed E-state index contributed by atoms with van der Waals surface area (Å²) in [5.74, 6) is 0.872. The Hall–Kier alpha value is -1.60. The summed E-state index contributed by atoms with van der Waals surface area (Å²) in [6, 6.07) is 0.919. The smallest absolute Gasteiger partial charge is 0.191 e. The van der Waals surface area contributed by atoms with Crippen LogP contribution in [-0.2, 0) is 18.2 Å². The van der Waals surface area contributed by atoms with Crippen LogP contribution in [0.5, 0.6) is 0 Å². The molecule has 0 spiro atoms. The second-order valence-corrected chi connectivity index (χ2v) is 7.99. The zero-order chi connectivity index (χ0) is 19.4. The lowest BCUT2D eigenvalue weighted by molar-refractivity contribution is -0.0432. The third kappa shape index (κ3) is 5.02. The van der Waals surface area contributed by atoms with E-state index in [0.717, 1.165) is 37.8 Å². The molecule has 0 saturated carbocycles. The average Bonchev–Trinajstić information content (AvgIpc) is 3.19. The molecular weight excluding hydrogens is 340 g/mol. The van der Waals surface area contributed by atoms with Crippen LogP contribution in [0.15, 0.2) is 4.99 Å². The molecule has 0 amide bonds. The predicted molar refractivity (Wildman–Crippen MR) is 109 cm³/mol. The van der Waals surface area contributed by atoms with Crippen molar-refractivity contribution >= 4 is 5.96 Å². The van der Waals surface area contributed by atoms with Gasteiger partial charge in [-0.05, 0) is 59.1 Å². The summed E-state index contributed by atoms with van der Waals surface area (Å²) in [5, 5.41) is 11.4. The molecule has 0 radical (unpaired) electrons. The first-order valence-electron chi connectivity index (χ1n) is 10.4. The van der Waals surface area contributed by atoms with Crippen LogP contribution in [0.1, 0.15) is 43.6 Å². The van der Waals surface area contributed by atoms with Gasteiger partial charge >= 0.3 is 0 Å². The van der Waals surface area contributed by atoms with Crippen molar-refractivity contribution in [1.29, 1.82) is 0 Å². The number of morpholine rings is 1. The fraction of sp³-hybridized carbons (Fsp3) is 0.800. The van der Waals surface area contributed by atoms with Crippen molar-refractivity contribution in [2.24, 2.45) is 12.0 Å². The molecule has 2 N–H and O–H groups in total. The van der Waals surface area contributed by atoms with Crippen LogP contribution in [0.4, 0.5) is 0 Å². The molecule has 1 aromatic heterocycles.